The standard InChI is InChI=1S/C35H38N4O4S/c1-5-39(6-2)19-18-36-35(41)33-23(3)32(37-24(33)4)21-30-29-20-27(16-17-31(29)38-34(30)40)44(42,43)22-26-14-10-11-15-28(26)25-12-8-7-9-13-25/h7-17,20-21,37H,5-6,18-19,22H2,1-4H3,(H,36,41)(H,38,40)/b30-21-. The zero-order valence-electron chi connectivity index (χ0n) is 25.5. The summed E-state index contributed by atoms with van der Waals surface area (Å²) < 4.78 is 27.4. The van der Waals surface area contributed by atoms with Gasteiger partial charge in [-0.3, -0.25) is 9.59 Å². The van der Waals surface area contributed by atoms with Crippen LogP contribution in [0.4, 0.5) is 5.69 Å². The van der Waals surface area contributed by atoms with Gasteiger partial charge in [0.1, 0.15) is 0 Å². The zero-order valence-corrected chi connectivity index (χ0v) is 26.3. The SMILES string of the molecule is CCN(CC)CCNC(=O)c1c(C)[nH]c(/C=C2\C(=O)Nc3ccc(S(=O)(=O)Cc4ccccc4-c4ccccc4)cc32)c1C. The van der Waals surface area contributed by atoms with Crippen molar-refractivity contribution in [2.75, 3.05) is 31.5 Å². The van der Waals surface area contributed by atoms with E-state index in [2.05, 4.69) is 34.4 Å². The Bertz CT molecular complexity index is 1840. The van der Waals surface area contributed by atoms with Crippen LogP contribution < -0.4 is 10.6 Å². The Hall–Kier alpha value is -4.47. The highest BCUT2D eigenvalue weighted by atomic mass is 32.2. The van der Waals surface area contributed by atoms with E-state index in [0.29, 0.717) is 45.9 Å². The number of hydrogen-bond donors (Lipinski definition) is 3. The number of H-pyrrole nitrogens is 1. The van der Waals surface area contributed by atoms with E-state index in [9.17, 15) is 18.0 Å². The highest BCUT2D eigenvalue weighted by molar-refractivity contribution is 7.90. The molecule has 2 amide bonds. The van der Waals surface area contributed by atoms with Crippen molar-refractivity contribution in [2.24, 2.45) is 0 Å². The van der Waals surface area contributed by atoms with E-state index in [1.807, 2.05) is 68.4 Å². The predicted octanol–water partition coefficient (Wildman–Crippen LogP) is 5.84. The molecule has 0 bridgehead atoms. The molecule has 8 nitrogen and oxygen atoms in total. The third-order valence-electron chi connectivity index (χ3n) is 8.18. The lowest BCUT2D eigenvalue weighted by atomic mass is 10.0. The Morgan fingerprint density at radius 3 is 2.36 bits per heavy atom. The van der Waals surface area contributed by atoms with Gasteiger partial charge in [-0.2, -0.15) is 0 Å². The van der Waals surface area contributed by atoms with Crippen molar-refractivity contribution < 1.29 is 18.0 Å². The molecule has 0 unspecified atom stereocenters. The first-order chi connectivity index (χ1) is 21.1. The van der Waals surface area contributed by atoms with Gasteiger partial charge in [0.15, 0.2) is 9.84 Å². The maximum atomic E-state index is 13.7. The fourth-order valence-corrected chi connectivity index (χ4v) is 7.10. The minimum atomic E-state index is -3.75. The second-order valence-corrected chi connectivity index (χ2v) is 12.9. The first kappa shape index (κ1) is 31.0. The highest BCUT2D eigenvalue weighted by Gasteiger charge is 2.28. The second kappa shape index (κ2) is 13.0. The number of sulfone groups is 1. The topological polar surface area (TPSA) is 111 Å². The third-order valence-corrected chi connectivity index (χ3v) is 9.84. The van der Waals surface area contributed by atoms with Gasteiger partial charge < -0.3 is 20.5 Å². The molecule has 3 N–H and O–H groups in total. The lowest BCUT2D eigenvalue weighted by Crippen LogP contribution is -2.35. The maximum Gasteiger partial charge on any atom is 0.256 e. The highest BCUT2D eigenvalue weighted by Crippen LogP contribution is 2.36. The lowest BCUT2D eigenvalue weighted by molar-refractivity contribution is -0.110. The van der Waals surface area contributed by atoms with Crippen LogP contribution in [0.1, 0.15) is 52.3 Å². The minimum Gasteiger partial charge on any atom is -0.358 e. The summed E-state index contributed by atoms with van der Waals surface area (Å²) in [6, 6.07) is 21.9. The number of aromatic nitrogens is 1. The molecule has 0 radical (unpaired) electrons. The van der Waals surface area contributed by atoms with Crippen LogP contribution in [0.2, 0.25) is 0 Å². The number of fused-ring (bicyclic) bond motifs is 1. The molecule has 1 aliphatic heterocycles. The number of anilines is 1. The molecule has 2 heterocycles. The van der Waals surface area contributed by atoms with E-state index in [0.717, 1.165) is 36.3 Å². The molecule has 5 rings (SSSR count). The molecule has 0 atom stereocenters. The van der Waals surface area contributed by atoms with Gasteiger partial charge >= 0.3 is 0 Å². The van der Waals surface area contributed by atoms with Crippen LogP contribution in [0.25, 0.3) is 22.8 Å². The Balaban J connectivity index is 1.42. The van der Waals surface area contributed by atoms with Crippen LogP contribution in [0.15, 0.2) is 77.7 Å². The molecule has 0 spiro atoms. The maximum absolute atomic E-state index is 13.7. The zero-order chi connectivity index (χ0) is 31.4. The monoisotopic (exact) mass is 610 g/mol. The Morgan fingerprint density at radius 1 is 0.932 bits per heavy atom. The van der Waals surface area contributed by atoms with Crippen LogP contribution in [-0.4, -0.2) is 56.3 Å². The molecule has 0 fully saturated rings. The number of amides is 2. The van der Waals surface area contributed by atoms with E-state index in [1.54, 1.807) is 18.2 Å². The quantitative estimate of drug-likeness (QED) is 0.185. The minimum absolute atomic E-state index is 0.133. The molecule has 228 valence electrons. The molecule has 0 saturated carbocycles. The van der Waals surface area contributed by atoms with Crippen molar-refractivity contribution in [1.82, 2.24) is 15.2 Å². The fraction of sp³-hybridized carbons (Fsp3) is 0.257. The Kier molecular flexibility index (Phi) is 9.17. The van der Waals surface area contributed by atoms with Gasteiger partial charge in [0.05, 0.1) is 21.8 Å². The molecule has 0 aliphatic carbocycles. The van der Waals surface area contributed by atoms with Gasteiger partial charge in [0, 0.05) is 35.7 Å². The number of nitrogens with one attached hydrogen (secondary N) is 3. The fourth-order valence-electron chi connectivity index (χ4n) is 5.70. The molecule has 3 aromatic carbocycles. The van der Waals surface area contributed by atoms with Crippen molar-refractivity contribution in [3.63, 3.8) is 0 Å². The number of hydrogen-bond acceptors (Lipinski definition) is 5. The number of carbonyl (C=O) groups excluding carboxylic acids is 2. The number of rotatable bonds is 11. The first-order valence-corrected chi connectivity index (χ1v) is 16.5. The van der Waals surface area contributed by atoms with Crippen molar-refractivity contribution in [2.45, 2.75) is 38.3 Å². The smallest absolute Gasteiger partial charge is 0.256 e. The van der Waals surface area contributed by atoms with E-state index >= 15 is 0 Å². The average molecular weight is 611 g/mol. The van der Waals surface area contributed by atoms with Crippen molar-refractivity contribution in [1.29, 1.82) is 0 Å². The number of aryl methyl sites for hydroxylation is 1. The van der Waals surface area contributed by atoms with Gasteiger partial charge in [0.25, 0.3) is 11.8 Å². The summed E-state index contributed by atoms with van der Waals surface area (Å²) in [6.45, 7) is 11.0. The normalized spacial score (nSPS) is 13.8. The predicted molar refractivity (Wildman–Crippen MR) is 176 cm³/mol. The molecular formula is C35H38N4O4S. The summed E-state index contributed by atoms with van der Waals surface area (Å²) in [5, 5.41) is 5.84. The summed E-state index contributed by atoms with van der Waals surface area (Å²) >= 11 is 0. The van der Waals surface area contributed by atoms with Crippen LogP contribution in [0.5, 0.6) is 0 Å². The first-order valence-electron chi connectivity index (χ1n) is 14.9. The largest absolute Gasteiger partial charge is 0.358 e. The van der Waals surface area contributed by atoms with E-state index < -0.39 is 9.84 Å². The van der Waals surface area contributed by atoms with Crippen molar-refractivity contribution >= 4 is 39.0 Å². The summed E-state index contributed by atoms with van der Waals surface area (Å²) in [5.74, 6) is -0.687. The van der Waals surface area contributed by atoms with Gasteiger partial charge in [-0.05, 0) is 73.5 Å². The number of aromatic amines is 1. The number of carbonyl (C=O) groups is 2. The Labute approximate surface area is 259 Å². The van der Waals surface area contributed by atoms with E-state index in [4.69, 9.17) is 0 Å². The Morgan fingerprint density at radius 2 is 1.64 bits per heavy atom. The average Bonchev–Trinajstić information content (AvgIpc) is 3.48. The van der Waals surface area contributed by atoms with Gasteiger partial charge in [-0.1, -0.05) is 68.4 Å². The number of likely N-dealkylation sites (N-methyl/N-ethyl adjacent to an activating group) is 1. The lowest BCUT2D eigenvalue weighted by Gasteiger charge is -2.18. The summed E-state index contributed by atoms with van der Waals surface area (Å²) in [4.78, 5) is 31.7. The van der Waals surface area contributed by atoms with Gasteiger partial charge in [-0.15, -0.1) is 0 Å². The van der Waals surface area contributed by atoms with Crippen LogP contribution >= 0.6 is 0 Å². The number of nitrogens with zero attached hydrogens (tertiary/aromatic N) is 1. The van der Waals surface area contributed by atoms with Crippen LogP contribution in [0.3, 0.4) is 0 Å². The molecule has 1 aliphatic rings. The molecule has 1 aromatic heterocycles. The summed E-state index contributed by atoms with van der Waals surface area (Å²) in [7, 11) is -3.75. The van der Waals surface area contributed by atoms with Crippen LogP contribution in [0, 0.1) is 13.8 Å². The molecule has 0 saturated heterocycles. The summed E-state index contributed by atoms with van der Waals surface area (Å²) in [6.07, 6.45) is 1.69. The molecule has 4 aromatic rings. The molecule has 9 heteroatoms. The van der Waals surface area contributed by atoms with Gasteiger partial charge in [0.2, 0.25) is 0 Å². The van der Waals surface area contributed by atoms with Crippen molar-refractivity contribution in [3.8, 4) is 11.1 Å². The van der Waals surface area contributed by atoms with Crippen LogP contribution in [-0.2, 0) is 20.4 Å². The van der Waals surface area contributed by atoms with Gasteiger partial charge in [-0.25, -0.2) is 8.42 Å². The van der Waals surface area contributed by atoms with Crippen molar-refractivity contribution in [3.05, 3.63) is 106 Å². The molecular weight excluding hydrogens is 572 g/mol. The number of benzene rings is 3. The molecule has 44 heavy (non-hydrogen) atoms. The second-order valence-electron chi connectivity index (χ2n) is 10.9. The third kappa shape index (κ3) is 6.39. The van der Waals surface area contributed by atoms with E-state index in [1.165, 1.54) is 6.07 Å². The van der Waals surface area contributed by atoms with E-state index in [-0.39, 0.29) is 22.5 Å². The summed E-state index contributed by atoms with van der Waals surface area (Å²) in [5.41, 5.74) is 6.47.